The second kappa shape index (κ2) is 5.84. The van der Waals surface area contributed by atoms with Crippen molar-refractivity contribution in [3.05, 3.63) is 33.7 Å². The summed E-state index contributed by atoms with van der Waals surface area (Å²) >= 11 is 2.03. The van der Waals surface area contributed by atoms with E-state index < -0.39 is 0 Å². The average molecular weight is 359 g/mol. The summed E-state index contributed by atoms with van der Waals surface area (Å²) in [6, 6.07) is 4.95. The molecule has 0 nitrogen and oxygen atoms in total. The molecule has 0 amide bonds. The molecule has 2 aromatic rings. The second-order valence-corrected chi connectivity index (χ2v) is 12.7. The minimum atomic E-state index is 0.145. The fraction of sp³-hybridized carbons (Fsp3) is 0.667. The third-order valence-electron chi connectivity index (χ3n) is 4.89. The van der Waals surface area contributed by atoms with Crippen molar-refractivity contribution in [2.75, 3.05) is 0 Å². The van der Waals surface area contributed by atoms with Crippen LogP contribution in [0.25, 0.3) is 10.1 Å². The number of benzene rings is 1. The molecule has 0 N–H and O–H groups in total. The molecule has 0 fully saturated rings. The first kappa shape index (κ1) is 20.5. The van der Waals surface area contributed by atoms with Gasteiger partial charge in [0, 0.05) is 9.58 Å². The highest BCUT2D eigenvalue weighted by Gasteiger charge is 2.33. The first-order valence-corrected chi connectivity index (χ1v) is 10.4. The number of hydrogen-bond acceptors (Lipinski definition) is 1. The summed E-state index contributed by atoms with van der Waals surface area (Å²) in [4.78, 5) is 1.55. The van der Waals surface area contributed by atoms with Gasteiger partial charge in [-0.3, -0.25) is 0 Å². The van der Waals surface area contributed by atoms with Crippen molar-refractivity contribution in [3.8, 4) is 0 Å². The van der Waals surface area contributed by atoms with Crippen LogP contribution in [0.2, 0.25) is 0 Å². The molecule has 1 aromatic heterocycles. The van der Waals surface area contributed by atoms with E-state index >= 15 is 0 Å². The van der Waals surface area contributed by atoms with Crippen LogP contribution in [-0.4, -0.2) is 0 Å². The number of hydrogen-bond donors (Lipinski definition) is 0. The van der Waals surface area contributed by atoms with E-state index in [1.807, 2.05) is 11.3 Å². The molecule has 0 unspecified atom stereocenters. The molecule has 0 saturated heterocycles. The molecule has 25 heavy (non-hydrogen) atoms. The lowest BCUT2D eigenvalue weighted by Crippen LogP contribution is -2.20. The molecule has 1 aromatic carbocycles. The van der Waals surface area contributed by atoms with Crippen LogP contribution in [0.1, 0.15) is 105 Å². The highest BCUT2D eigenvalue weighted by molar-refractivity contribution is 7.19. The largest absolute Gasteiger partial charge is 0.139 e. The van der Waals surface area contributed by atoms with Gasteiger partial charge in [-0.2, -0.15) is 0 Å². The lowest BCUT2D eigenvalue weighted by atomic mass is 9.75. The van der Waals surface area contributed by atoms with Gasteiger partial charge in [0.25, 0.3) is 0 Å². The van der Waals surface area contributed by atoms with Crippen molar-refractivity contribution < 1.29 is 0 Å². The highest BCUT2D eigenvalue weighted by Crippen LogP contribution is 2.48. The van der Waals surface area contributed by atoms with Crippen LogP contribution >= 0.6 is 11.3 Å². The molecule has 0 aliphatic carbocycles. The van der Waals surface area contributed by atoms with Crippen LogP contribution < -0.4 is 0 Å². The molecule has 0 aliphatic heterocycles. The summed E-state index contributed by atoms with van der Waals surface area (Å²) in [5.41, 5.74) is 5.13. The summed E-state index contributed by atoms with van der Waals surface area (Å²) in [7, 11) is 0. The van der Waals surface area contributed by atoms with Gasteiger partial charge < -0.3 is 0 Å². The fourth-order valence-electron chi connectivity index (χ4n) is 3.46. The maximum absolute atomic E-state index is 2.48. The van der Waals surface area contributed by atoms with Crippen molar-refractivity contribution in [1.82, 2.24) is 0 Å². The van der Waals surface area contributed by atoms with Gasteiger partial charge >= 0.3 is 0 Å². The molecular formula is C24H38S. The molecule has 1 heterocycles. The van der Waals surface area contributed by atoms with E-state index in [1.165, 1.54) is 21.2 Å². The molecule has 0 radical (unpaired) electrons. The van der Waals surface area contributed by atoms with Gasteiger partial charge in [-0.1, -0.05) is 89.2 Å². The first-order valence-electron chi connectivity index (χ1n) is 9.56. The predicted octanol–water partition coefficient (Wildman–Crippen LogP) is 8.09. The van der Waals surface area contributed by atoms with Crippen molar-refractivity contribution in [3.63, 3.8) is 0 Å². The fourth-order valence-corrected chi connectivity index (χ4v) is 5.24. The zero-order valence-corrected chi connectivity index (χ0v) is 19.4. The third-order valence-corrected chi connectivity index (χ3v) is 6.56. The Bertz CT molecular complexity index is 775. The van der Waals surface area contributed by atoms with Crippen LogP contribution in [-0.2, 0) is 21.7 Å². The molecule has 2 rings (SSSR count). The average Bonchev–Trinajstić information content (AvgIpc) is 2.73. The normalized spacial score (nSPS) is 14.4. The molecular weight excluding hydrogens is 320 g/mol. The Hall–Kier alpha value is -0.820. The van der Waals surface area contributed by atoms with Gasteiger partial charge in [-0.05, 0) is 49.8 Å². The van der Waals surface area contributed by atoms with Crippen LogP contribution in [0, 0.1) is 0 Å². The van der Waals surface area contributed by atoms with E-state index in [2.05, 4.69) is 95.2 Å². The van der Waals surface area contributed by atoms with Gasteiger partial charge in [0.1, 0.15) is 0 Å². The van der Waals surface area contributed by atoms with Gasteiger partial charge in [0.15, 0.2) is 0 Å². The number of fused-ring (bicyclic) bond motifs is 1. The molecule has 1 heteroatoms. The summed E-state index contributed by atoms with van der Waals surface area (Å²) in [6.45, 7) is 28.2. The predicted molar refractivity (Wildman–Crippen MR) is 117 cm³/mol. The van der Waals surface area contributed by atoms with Crippen LogP contribution in [0.4, 0.5) is 0 Å². The Morgan fingerprint density at radius 2 is 1.12 bits per heavy atom. The molecule has 0 bridgehead atoms. The summed E-state index contributed by atoms with van der Waals surface area (Å²) in [5, 5.41) is 1.49. The lowest BCUT2D eigenvalue weighted by Gasteiger charge is -2.28. The molecule has 0 atom stereocenters. The topological polar surface area (TPSA) is 0 Å². The van der Waals surface area contributed by atoms with E-state index in [0.717, 1.165) is 0 Å². The molecule has 0 spiro atoms. The Morgan fingerprint density at radius 1 is 0.600 bits per heavy atom. The van der Waals surface area contributed by atoms with E-state index in [9.17, 15) is 0 Å². The van der Waals surface area contributed by atoms with Crippen molar-refractivity contribution in [2.24, 2.45) is 0 Å². The van der Waals surface area contributed by atoms with Gasteiger partial charge in [-0.15, -0.1) is 11.3 Å². The number of rotatable bonds is 0. The minimum Gasteiger partial charge on any atom is -0.139 e. The zero-order valence-electron chi connectivity index (χ0n) is 18.6. The van der Waals surface area contributed by atoms with E-state index in [0.29, 0.717) is 0 Å². The third kappa shape index (κ3) is 3.97. The van der Waals surface area contributed by atoms with Crippen LogP contribution in [0.5, 0.6) is 0 Å². The Balaban J connectivity index is 3.07. The SMILES string of the molecule is CC(C)(C)c1cc(C(C)(C)C)c2sc(C(C)(C)C)c(C(C)(C)C)c2c1. The zero-order chi connectivity index (χ0) is 19.6. The van der Waals surface area contributed by atoms with E-state index in [4.69, 9.17) is 0 Å². The van der Waals surface area contributed by atoms with Gasteiger partial charge in [0.05, 0.1) is 0 Å². The van der Waals surface area contributed by atoms with Gasteiger partial charge in [0.2, 0.25) is 0 Å². The second-order valence-electron chi connectivity index (χ2n) is 11.7. The summed E-state index contributed by atoms with van der Waals surface area (Å²) in [6.07, 6.45) is 0. The first-order chi connectivity index (χ1) is 10.9. The van der Waals surface area contributed by atoms with Crippen molar-refractivity contribution >= 4 is 21.4 Å². The Morgan fingerprint density at radius 3 is 1.48 bits per heavy atom. The monoisotopic (exact) mass is 358 g/mol. The smallest absolute Gasteiger partial charge is 0.0386 e. The molecule has 140 valence electrons. The minimum absolute atomic E-state index is 0.145. The van der Waals surface area contributed by atoms with E-state index in [-0.39, 0.29) is 21.7 Å². The van der Waals surface area contributed by atoms with Crippen molar-refractivity contribution in [2.45, 2.75) is 105 Å². The standard InChI is InChI=1S/C24H38S/c1-21(2,3)15-13-16-18(23(7,8)9)20(24(10,11)12)25-19(16)17(14-15)22(4,5)6/h13-14H,1-12H3. The molecule has 0 saturated carbocycles. The molecule has 0 aliphatic rings. The van der Waals surface area contributed by atoms with E-state index in [1.54, 1.807) is 10.4 Å². The quantitative estimate of drug-likeness (QED) is 0.446. The summed E-state index contributed by atoms with van der Waals surface area (Å²) < 4.78 is 1.50. The van der Waals surface area contributed by atoms with Gasteiger partial charge in [-0.25, -0.2) is 0 Å². The van der Waals surface area contributed by atoms with Crippen LogP contribution in [0.3, 0.4) is 0 Å². The highest BCUT2D eigenvalue weighted by atomic mass is 32.1. The van der Waals surface area contributed by atoms with Crippen molar-refractivity contribution in [1.29, 1.82) is 0 Å². The Labute approximate surface area is 160 Å². The lowest BCUT2D eigenvalue weighted by molar-refractivity contribution is 0.545. The van der Waals surface area contributed by atoms with Crippen LogP contribution in [0.15, 0.2) is 12.1 Å². The maximum atomic E-state index is 2.48. The Kier molecular flexibility index (Phi) is 4.79. The summed E-state index contributed by atoms with van der Waals surface area (Å²) in [5.74, 6) is 0. The maximum Gasteiger partial charge on any atom is 0.0386 e. The number of thiophene rings is 1.